The quantitative estimate of drug-likeness (QED) is 0.188. The number of oxime groups is 1. The highest BCUT2D eigenvalue weighted by molar-refractivity contribution is 5.56. The fourth-order valence-corrected chi connectivity index (χ4v) is 2.34. The van der Waals surface area contributed by atoms with Gasteiger partial charge in [0.2, 0.25) is 0 Å². The van der Waals surface area contributed by atoms with Crippen LogP contribution in [0.4, 0.5) is 0 Å². The van der Waals surface area contributed by atoms with Crippen LogP contribution < -0.4 is 0 Å². The Labute approximate surface area is 136 Å². The lowest BCUT2D eigenvalue weighted by molar-refractivity contribution is 0.0523. The van der Waals surface area contributed by atoms with E-state index in [0.717, 1.165) is 32.1 Å². The number of rotatable bonds is 12. The van der Waals surface area contributed by atoms with Gasteiger partial charge in [0.05, 0.1) is 0 Å². The number of nitrogens with zero attached hydrogens (tertiary/aromatic N) is 1. The SMILES string of the molecule is C=C(CC)CCCCC/C=N/O[C@H](CCC)c1ccccc1. The van der Waals surface area contributed by atoms with Gasteiger partial charge in [-0.05, 0) is 44.1 Å². The van der Waals surface area contributed by atoms with E-state index in [4.69, 9.17) is 4.84 Å². The first kappa shape index (κ1) is 18.5. The van der Waals surface area contributed by atoms with Gasteiger partial charge < -0.3 is 4.84 Å². The molecule has 0 saturated heterocycles. The van der Waals surface area contributed by atoms with E-state index in [9.17, 15) is 0 Å². The normalized spacial score (nSPS) is 12.5. The fourth-order valence-electron chi connectivity index (χ4n) is 2.34. The van der Waals surface area contributed by atoms with Gasteiger partial charge in [-0.2, -0.15) is 0 Å². The number of unbranched alkanes of at least 4 members (excludes halogenated alkanes) is 3. The third-order valence-corrected chi connectivity index (χ3v) is 3.85. The lowest BCUT2D eigenvalue weighted by Crippen LogP contribution is -2.00. The monoisotopic (exact) mass is 301 g/mol. The van der Waals surface area contributed by atoms with Crippen molar-refractivity contribution in [3.8, 4) is 0 Å². The first-order valence-electron chi connectivity index (χ1n) is 8.67. The Bertz CT molecular complexity index is 425. The van der Waals surface area contributed by atoms with Gasteiger partial charge >= 0.3 is 0 Å². The van der Waals surface area contributed by atoms with E-state index >= 15 is 0 Å². The highest BCUT2D eigenvalue weighted by Gasteiger charge is 2.10. The van der Waals surface area contributed by atoms with Crippen LogP contribution in [0.1, 0.15) is 76.9 Å². The van der Waals surface area contributed by atoms with Crippen LogP contribution in [0, 0.1) is 0 Å². The number of allylic oxidation sites excluding steroid dienone is 1. The van der Waals surface area contributed by atoms with Crippen molar-refractivity contribution in [1.82, 2.24) is 0 Å². The second kappa shape index (κ2) is 12.0. The van der Waals surface area contributed by atoms with Crippen LogP contribution in [0.15, 0.2) is 47.6 Å². The van der Waals surface area contributed by atoms with E-state index < -0.39 is 0 Å². The van der Waals surface area contributed by atoms with Gasteiger partial charge in [0.15, 0.2) is 6.10 Å². The molecule has 0 aliphatic rings. The molecular weight excluding hydrogens is 270 g/mol. The fraction of sp³-hybridized carbons (Fsp3) is 0.550. The molecule has 0 spiro atoms. The Kier molecular flexibility index (Phi) is 10.1. The van der Waals surface area contributed by atoms with E-state index in [1.807, 2.05) is 12.3 Å². The summed E-state index contributed by atoms with van der Waals surface area (Å²) in [6, 6.07) is 10.3. The number of hydrogen-bond donors (Lipinski definition) is 0. The molecule has 1 aromatic carbocycles. The highest BCUT2D eigenvalue weighted by atomic mass is 16.6. The summed E-state index contributed by atoms with van der Waals surface area (Å²) in [5.74, 6) is 0. The predicted octanol–water partition coefficient (Wildman–Crippen LogP) is 6.45. The molecule has 122 valence electrons. The molecule has 0 saturated carbocycles. The summed E-state index contributed by atoms with van der Waals surface area (Å²) in [7, 11) is 0. The van der Waals surface area contributed by atoms with Gasteiger partial charge in [0, 0.05) is 6.21 Å². The molecule has 0 aromatic heterocycles. The van der Waals surface area contributed by atoms with E-state index in [1.165, 1.54) is 30.4 Å². The Hall–Kier alpha value is -1.57. The molecule has 1 aromatic rings. The molecule has 0 aliphatic carbocycles. The Morgan fingerprint density at radius 2 is 1.95 bits per heavy atom. The third-order valence-electron chi connectivity index (χ3n) is 3.85. The maximum absolute atomic E-state index is 5.69. The molecule has 0 aliphatic heterocycles. The summed E-state index contributed by atoms with van der Waals surface area (Å²) in [5.41, 5.74) is 2.57. The second-order valence-electron chi connectivity index (χ2n) is 5.78. The molecule has 0 amide bonds. The van der Waals surface area contributed by atoms with Gasteiger partial charge in [0.25, 0.3) is 0 Å². The Balaban J connectivity index is 2.21. The van der Waals surface area contributed by atoms with Crippen molar-refractivity contribution in [2.45, 2.75) is 71.3 Å². The largest absolute Gasteiger partial charge is 0.388 e. The molecule has 0 fully saturated rings. The zero-order chi connectivity index (χ0) is 16.0. The van der Waals surface area contributed by atoms with E-state index in [-0.39, 0.29) is 6.10 Å². The summed E-state index contributed by atoms with van der Waals surface area (Å²) in [6.45, 7) is 8.39. The average Bonchev–Trinajstić information content (AvgIpc) is 2.56. The Morgan fingerprint density at radius 3 is 2.64 bits per heavy atom. The molecule has 1 rings (SSSR count). The van der Waals surface area contributed by atoms with Crippen LogP contribution in [-0.2, 0) is 4.84 Å². The standard InChI is InChI=1S/C20H31NO/c1-4-13-20(19-15-10-8-11-16-19)22-21-17-12-7-6-9-14-18(3)5-2/h8,10-11,15-17,20H,3-7,9,12-14H2,1-2H3/b21-17+/t20-/m1/s1. The minimum Gasteiger partial charge on any atom is -0.388 e. The predicted molar refractivity (Wildman–Crippen MR) is 96.2 cm³/mol. The van der Waals surface area contributed by atoms with Gasteiger partial charge in [-0.25, -0.2) is 0 Å². The summed E-state index contributed by atoms with van der Waals surface area (Å²) in [5, 5.41) is 4.17. The molecule has 2 nitrogen and oxygen atoms in total. The van der Waals surface area contributed by atoms with Gasteiger partial charge in [0.1, 0.15) is 0 Å². The van der Waals surface area contributed by atoms with Crippen molar-refractivity contribution in [2.75, 3.05) is 0 Å². The first-order valence-corrected chi connectivity index (χ1v) is 8.67. The first-order chi connectivity index (χ1) is 10.8. The second-order valence-corrected chi connectivity index (χ2v) is 5.78. The highest BCUT2D eigenvalue weighted by Crippen LogP contribution is 2.22. The van der Waals surface area contributed by atoms with Gasteiger partial charge in [-0.15, -0.1) is 0 Å². The summed E-state index contributed by atoms with van der Waals surface area (Å²) in [4.78, 5) is 5.69. The maximum Gasteiger partial charge on any atom is 0.152 e. The summed E-state index contributed by atoms with van der Waals surface area (Å²) >= 11 is 0. The topological polar surface area (TPSA) is 21.6 Å². The zero-order valence-electron chi connectivity index (χ0n) is 14.3. The van der Waals surface area contributed by atoms with Crippen molar-refractivity contribution in [1.29, 1.82) is 0 Å². The molecule has 0 unspecified atom stereocenters. The van der Waals surface area contributed by atoms with Crippen LogP contribution in [0.2, 0.25) is 0 Å². The molecular formula is C20H31NO. The van der Waals surface area contributed by atoms with Crippen molar-refractivity contribution in [3.05, 3.63) is 48.0 Å². The summed E-state index contributed by atoms with van der Waals surface area (Å²) in [6.07, 6.45) is 11.0. The molecule has 2 heteroatoms. The van der Waals surface area contributed by atoms with Crippen LogP contribution in [0.25, 0.3) is 0 Å². The average molecular weight is 301 g/mol. The van der Waals surface area contributed by atoms with Crippen LogP contribution in [0.3, 0.4) is 0 Å². The maximum atomic E-state index is 5.69. The van der Waals surface area contributed by atoms with E-state index in [2.05, 4.69) is 49.8 Å². The minimum absolute atomic E-state index is 0.0790. The number of hydrogen-bond acceptors (Lipinski definition) is 2. The molecule has 0 heterocycles. The van der Waals surface area contributed by atoms with E-state index in [0.29, 0.717) is 0 Å². The summed E-state index contributed by atoms with van der Waals surface area (Å²) < 4.78 is 0. The number of benzene rings is 1. The minimum atomic E-state index is 0.0790. The molecule has 0 radical (unpaired) electrons. The molecule has 0 bridgehead atoms. The molecule has 1 atom stereocenters. The van der Waals surface area contributed by atoms with Crippen molar-refractivity contribution >= 4 is 6.21 Å². The lowest BCUT2D eigenvalue weighted by atomic mass is 10.1. The van der Waals surface area contributed by atoms with Crippen molar-refractivity contribution < 1.29 is 4.84 Å². The van der Waals surface area contributed by atoms with E-state index in [1.54, 1.807) is 0 Å². The Morgan fingerprint density at radius 1 is 1.18 bits per heavy atom. The van der Waals surface area contributed by atoms with Gasteiger partial charge in [-0.1, -0.05) is 74.3 Å². The van der Waals surface area contributed by atoms with Crippen LogP contribution in [0.5, 0.6) is 0 Å². The van der Waals surface area contributed by atoms with Crippen molar-refractivity contribution in [2.24, 2.45) is 5.16 Å². The van der Waals surface area contributed by atoms with Crippen molar-refractivity contribution in [3.63, 3.8) is 0 Å². The zero-order valence-corrected chi connectivity index (χ0v) is 14.3. The smallest absolute Gasteiger partial charge is 0.152 e. The lowest BCUT2D eigenvalue weighted by Gasteiger charge is -2.14. The molecule has 22 heavy (non-hydrogen) atoms. The third kappa shape index (κ3) is 8.02. The van der Waals surface area contributed by atoms with Gasteiger partial charge in [-0.3, -0.25) is 0 Å². The van der Waals surface area contributed by atoms with Crippen LogP contribution >= 0.6 is 0 Å². The molecule has 0 N–H and O–H groups in total. The van der Waals surface area contributed by atoms with Crippen LogP contribution in [-0.4, -0.2) is 6.21 Å².